The monoisotopic (exact) mass is 241 g/mol. The Balaban J connectivity index is 1.74. The average molecular weight is 241 g/mol. The third-order valence-electron chi connectivity index (χ3n) is 3.74. The van der Waals surface area contributed by atoms with Crippen molar-refractivity contribution in [3.63, 3.8) is 0 Å². The SMILES string of the molecule is CN(C)C1CCN(C(=O)NC2CCOC2)CC1. The molecule has 0 aromatic carbocycles. The van der Waals surface area contributed by atoms with Crippen LogP contribution in [0.25, 0.3) is 0 Å². The second-order valence-corrected chi connectivity index (χ2v) is 5.19. The molecule has 5 nitrogen and oxygen atoms in total. The molecule has 2 rings (SSSR count). The van der Waals surface area contributed by atoms with Crippen molar-refractivity contribution < 1.29 is 9.53 Å². The largest absolute Gasteiger partial charge is 0.379 e. The van der Waals surface area contributed by atoms with Gasteiger partial charge in [-0.15, -0.1) is 0 Å². The van der Waals surface area contributed by atoms with Crippen LogP contribution < -0.4 is 5.32 Å². The highest BCUT2D eigenvalue weighted by Crippen LogP contribution is 2.14. The van der Waals surface area contributed by atoms with E-state index in [0.717, 1.165) is 39.0 Å². The highest BCUT2D eigenvalue weighted by molar-refractivity contribution is 5.74. The molecular formula is C12H23N3O2. The number of nitrogens with zero attached hydrogens (tertiary/aromatic N) is 2. The predicted molar refractivity (Wildman–Crippen MR) is 66.0 cm³/mol. The fraction of sp³-hybridized carbons (Fsp3) is 0.917. The van der Waals surface area contributed by atoms with E-state index in [2.05, 4.69) is 24.3 Å². The Morgan fingerprint density at radius 1 is 1.29 bits per heavy atom. The predicted octanol–water partition coefficient (Wildman–Crippen LogP) is 0.511. The Kier molecular flexibility index (Phi) is 4.23. The molecule has 0 spiro atoms. The zero-order valence-corrected chi connectivity index (χ0v) is 10.8. The van der Waals surface area contributed by atoms with Crippen LogP contribution in [-0.4, -0.2) is 68.3 Å². The van der Waals surface area contributed by atoms with Crippen LogP contribution in [0.3, 0.4) is 0 Å². The summed E-state index contributed by atoms with van der Waals surface area (Å²) < 4.78 is 5.25. The number of rotatable bonds is 2. The van der Waals surface area contributed by atoms with Crippen LogP contribution in [0.4, 0.5) is 4.79 Å². The number of amides is 2. The van der Waals surface area contributed by atoms with Crippen LogP contribution in [0, 0.1) is 0 Å². The second-order valence-electron chi connectivity index (χ2n) is 5.19. The van der Waals surface area contributed by atoms with Crippen LogP contribution >= 0.6 is 0 Å². The fourth-order valence-corrected chi connectivity index (χ4v) is 2.50. The van der Waals surface area contributed by atoms with Crippen molar-refractivity contribution in [2.45, 2.75) is 31.3 Å². The molecule has 0 saturated carbocycles. The van der Waals surface area contributed by atoms with Gasteiger partial charge in [0.2, 0.25) is 0 Å². The third-order valence-corrected chi connectivity index (χ3v) is 3.74. The van der Waals surface area contributed by atoms with Crippen LogP contribution in [0.15, 0.2) is 0 Å². The summed E-state index contributed by atoms with van der Waals surface area (Å²) in [4.78, 5) is 16.2. The van der Waals surface area contributed by atoms with E-state index in [1.165, 1.54) is 0 Å². The maximum Gasteiger partial charge on any atom is 0.317 e. The number of hydrogen-bond acceptors (Lipinski definition) is 3. The van der Waals surface area contributed by atoms with Crippen molar-refractivity contribution >= 4 is 6.03 Å². The molecule has 2 aliphatic rings. The van der Waals surface area contributed by atoms with E-state index in [0.29, 0.717) is 12.6 Å². The minimum atomic E-state index is 0.0812. The van der Waals surface area contributed by atoms with Gasteiger partial charge in [-0.25, -0.2) is 4.79 Å². The molecule has 17 heavy (non-hydrogen) atoms. The van der Waals surface area contributed by atoms with Gasteiger partial charge >= 0.3 is 6.03 Å². The van der Waals surface area contributed by atoms with Crippen molar-refractivity contribution in [3.8, 4) is 0 Å². The number of urea groups is 1. The Bertz CT molecular complexity index is 256. The molecule has 2 saturated heterocycles. The Morgan fingerprint density at radius 2 is 2.00 bits per heavy atom. The molecule has 2 amide bonds. The van der Waals surface area contributed by atoms with Crippen molar-refractivity contribution in [2.24, 2.45) is 0 Å². The highest BCUT2D eigenvalue weighted by Gasteiger charge is 2.26. The molecule has 0 radical (unpaired) electrons. The van der Waals surface area contributed by atoms with Gasteiger partial charge in [-0.3, -0.25) is 0 Å². The minimum absolute atomic E-state index is 0.0812. The molecule has 0 aliphatic carbocycles. The lowest BCUT2D eigenvalue weighted by atomic mass is 10.0. The zero-order chi connectivity index (χ0) is 12.3. The number of nitrogens with one attached hydrogen (secondary N) is 1. The lowest BCUT2D eigenvalue weighted by Crippen LogP contribution is -2.50. The highest BCUT2D eigenvalue weighted by atomic mass is 16.5. The molecule has 2 heterocycles. The summed E-state index contributed by atoms with van der Waals surface area (Å²) in [6.45, 7) is 3.16. The number of ether oxygens (including phenoxy) is 1. The molecule has 0 aromatic heterocycles. The number of carbonyl (C=O) groups is 1. The van der Waals surface area contributed by atoms with Gasteiger partial charge in [0.25, 0.3) is 0 Å². The van der Waals surface area contributed by atoms with Crippen molar-refractivity contribution in [3.05, 3.63) is 0 Å². The Morgan fingerprint density at radius 3 is 2.53 bits per heavy atom. The second kappa shape index (κ2) is 5.69. The normalized spacial score (nSPS) is 26.5. The maximum atomic E-state index is 12.0. The van der Waals surface area contributed by atoms with Crippen molar-refractivity contribution in [1.29, 1.82) is 0 Å². The smallest absolute Gasteiger partial charge is 0.317 e. The van der Waals surface area contributed by atoms with Gasteiger partial charge in [0.05, 0.1) is 12.6 Å². The molecule has 0 bridgehead atoms. The van der Waals surface area contributed by atoms with Crippen molar-refractivity contribution in [1.82, 2.24) is 15.1 Å². The molecule has 1 unspecified atom stereocenters. The topological polar surface area (TPSA) is 44.8 Å². The third kappa shape index (κ3) is 3.33. The van der Waals surface area contributed by atoms with Crippen LogP contribution in [-0.2, 0) is 4.74 Å². The summed E-state index contributed by atoms with van der Waals surface area (Å²) in [5, 5.41) is 3.04. The van der Waals surface area contributed by atoms with Gasteiger partial charge < -0.3 is 19.9 Å². The average Bonchev–Trinajstić information content (AvgIpc) is 2.82. The first-order valence-corrected chi connectivity index (χ1v) is 6.46. The molecule has 2 fully saturated rings. The molecule has 0 aromatic rings. The fourth-order valence-electron chi connectivity index (χ4n) is 2.50. The van der Waals surface area contributed by atoms with Gasteiger partial charge in [-0.05, 0) is 33.4 Å². The van der Waals surface area contributed by atoms with Crippen LogP contribution in [0.2, 0.25) is 0 Å². The molecule has 1 N–H and O–H groups in total. The molecule has 5 heteroatoms. The van der Waals surface area contributed by atoms with Gasteiger partial charge in [0, 0.05) is 25.7 Å². The van der Waals surface area contributed by atoms with E-state index in [4.69, 9.17) is 4.74 Å². The number of piperidine rings is 1. The minimum Gasteiger partial charge on any atom is -0.379 e. The van der Waals surface area contributed by atoms with E-state index >= 15 is 0 Å². The van der Waals surface area contributed by atoms with Gasteiger partial charge in [-0.1, -0.05) is 0 Å². The standard InChI is InChI=1S/C12H23N3O2/c1-14(2)11-3-6-15(7-4-11)12(16)13-10-5-8-17-9-10/h10-11H,3-9H2,1-2H3,(H,13,16). The van der Waals surface area contributed by atoms with Gasteiger partial charge in [0.1, 0.15) is 0 Å². The van der Waals surface area contributed by atoms with E-state index in [-0.39, 0.29) is 12.1 Å². The van der Waals surface area contributed by atoms with E-state index in [9.17, 15) is 4.79 Å². The summed E-state index contributed by atoms with van der Waals surface area (Å²) in [5.41, 5.74) is 0. The lowest BCUT2D eigenvalue weighted by Gasteiger charge is -2.35. The summed E-state index contributed by atoms with van der Waals surface area (Å²) in [6.07, 6.45) is 3.09. The summed E-state index contributed by atoms with van der Waals surface area (Å²) in [6, 6.07) is 0.917. The summed E-state index contributed by atoms with van der Waals surface area (Å²) in [7, 11) is 4.21. The lowest BCUT2D eigenvalue weighted by molar-refractivity contribution is 0.143. The first-order valence-electron chi connectivity index (χ1n) is 6.46. The van der Waals surface area contributed by atoms with E-state index < -0.39 is 0 Å². The molecule has 98 valence electrons. The Hall–Kier alpha value is -0.810. The summed E-state index contributed by atoms with van der Waals surface area (Å²) in [5.74, 6) is 0. The Labute approximate surface area is 103 Å². The van der Waals surface area contributed by atoms with Gasteiger partial charge in [-0.2, -0.15) is 0 Å². The molecular weight excluding hydrogens is 218 g/mol. The van der Waals surface area contributed by atoms with E-state index in [1.54, 1.807) is 0 Å². The first kappa shape index (κ1) is 12.6. The van der Waals surface area contributed by atoms with Gasteiger partial charge in [0.15, 0.2) is 0 Å². The van der Waals surface area contributed by atoms with Crippen LogP contribution in [0.1, 0.15) is 19.3 Å². The molecule has 1 atom stereocenters. The molecule has 2 aliphatic heterocycles. The van der Waals surface area contributed by atoms with Crippen LogP contribution in [0.5, 0.6) is 0 Å². The number of carbonyl (C=O) groups excluding carboxylic acids is 1. The first-order chi connectivity index (χ1) is 8.16. The van der Waals surface area contributed by atoms with E-state index in [1.807, 2.05) is 4.90 Å². The maximum absolute atomic E-state index is 12.0. The van der Waals surface area contributed by atoms with Crippen molar-refractivity contribution in [2.75, 3.05) is 40.4 Å². The quantitative estimate of drug-likeness (QED) is 0.766. The number of likely N-dealkylation sites (tertiary alicyclic amines) is 1. The summed E-state index contributed by atoms with van der Waals surface area (Å²) >= 11 is 0. The zero-order valence-electron chi connectivity index (χ0n) is 10.8. The number of hydrogen-bond donors (Lipinski definition) is 1.